The van der Waals surface area contributed by atoms with Crippen molar-refractivity contribution >= 4 is 11.8 Å². The standard InChI is InChI=1S/C18H17FN4S/c19-16-7-2-1-6-15(16)17-21-22-18(23(17)14-8-9-14)24-12-10-13-5-3-4-11-20-13/h1-7,11,14H,8-10,12H2. The maximum atomic E-state index is 14.1. The average molecular weight is 340 g/mol. The summed E-state index contributed by atoms with van der Waals surface area (Å²) in [6.45, 7) is 0. The van der Waals surface area contributed by atoms with E-state index in [0.717, 1.165) is 35.9 Å². The van der Waals surface area contributed by atoms with Crippen LogP contribution in [0.3, 0.4) is 0 Å². The Morgan fingerprint density at radius 3 is 2.67 bits per heavy atom. The molecule has 1 aromatic carbocycles. The zero-order valence-corrected chi connectivity index (χ0v) is 13.9. The van der Waals surface area contributed by atoms with Gasteiger partial charge >= 0.3 is 0 Å². The van der Waals surface area contributed by atoms with Gasteiger partial charge in [0.1, 0.15) is 5.82 Å². The zero-order chi connectivity index (χ0) is 16.4. The van der Waals surface area contributed by atoms with Crippen molar-refractivity contribution < 1.29 is 4.39 Å². The summed E-state index contributed by atoms with van der Waals surface area (Å²) in [7, 11) is 0. The highest BCUT2D eigenvalue weighted by Crippen LogP contribution is 2.41. The molecule has 0 bridgehead atoms. The molecule has 24 heavy (non-hydrogen) atoms. The van der Waals surface area contributed by atoms with E-state index in [0.29, 0.717) is 17.4 Å². The van der Waals surface area contributed by atoms with E-state index in [1.807, 2.05) is 30.5 Å². The van der Waals surface area contributed by atoms with E-state index in [2.05, 4.69) is 19.7 Å². The lowest BCUT2D eigenvalue weighted by atomic mass is 10.2. The van der Waals surface area contributed by atoms with Crippen molar-refractivity contribution in [2.75, 3.05) is 5.75 Å². The highest BCUT2D eigenvalue weighted by Gasteiger charge is 2.30. The molecule has 3 aromatic rings. The lowest BCUT2D eigenvalue weighted by Gasteiger charge is -2.09. The Morgan fingerprint density at radius 1 is 1.08 bits per heavy atom. The average Bonchev–Trinajstić information content (AvgIpc) is 3.37. The van der Waals surface area contributed by atoms with Crippen molar-refractivity contribution in [3.05, 3.63) is 60.2 Å². The van der Waals surface area contributed by atoms with Crippen LogP contribution in [-0.4, -0.2) is 25.5 Å². The fraction of sp³-hybridized carbons (Fsp3) is 0.278. The molecule has 6 heteroatoms. The van der Waals surface area contributed by atoms with Crippen molar-refractivity contribution in [1.29, 1.82) is 0 Å². The van der Waals surface area contributed by atoms with Crippen molar-refractivity contribution in [2.24, 2.45) is 0 Å². The number of hydrogen-bond acceptors (Lipinski definition) is 4. The minimum absolute atomic E-state index is 0.253. The minimum Gasteiger partial charge on any atom is -0.299 e. The summed E-state index contributed by atoms with van der Waals surface area (Å²) in [4.78, 5) is 4.34. The second-order valence-electron chi connectivity index (χ2n) is 5.81. The van der Waals surface area contributed by atoms with Crippen LogP contribution in [0.2, 0.25) is 0 Å². The molecule has 4 rings (SSSR count). The van der Waals surface area contributed by atoms with E-state index in [1.54, 1.807) is 23.9 Å². The molecular weight excluding hydrogens is 323 g/mol. The van der Waals surface area contributed by atoms with Crippen LogP contribution in [0.5, 0.6) is 0 Å². The van der Waals surface area contributed by atoms with Crippen LogP contribution >= 0.6 is 11.8 Å². The van der Waals surface area contributed by atoms with Gasteiger partial charge in [-0.25, -0.2) is 4.39 Å². The van der Waals surface area contributed by atoms with Crippen LogP contribution in [0.1, 0.15) is 24.6 Å². The molecule has 122 valence electrons. The molecule has 0 radical (unpaired) electrons. The molecule has 1 aliphatic rings. The number of nitrogens with zero attached hydrogens (tertiary/aromatic N) is 4. The first-order chi connectivity index (χ1) is 11.8. The number of benzene rings is 1. The lowest BCUT2D eigenvalue weighted by Crippen LogP contribution is -2.02. The van der Waals surface area contributed by atoms with Crippen LogP contribution < -0.4 is 0 Å². The molecule has 0 spiro atoms. The molecule has 0 atom stereocenters. The van der Waals surface area contributed by atoms with Crippen LogP contribution in [0.4, 0.5) is 4.39 Å². The van der Waals surface area contributed by atoms with E-state index in [-0.39, 0.29) is 5.82 Å². The molecule has 1 fully saturated rings. The first-order valence-corrected chi connectivity index (χ1v) is 9.04. The first-order valence-electron chi connectivity index (χ1n) is 8.05. The quantitative estimate of drug-likeness (QED) is 0.632. The molecule has 1 aliphatic carbocycles. The number of aryl methyl sites for hydroxylation is 1. The highest BCUT2D eigenvalue weighted by atomic mass is 32.2. The Labute approximate surface area is 144 Å². The number of rotatable bonds is 6. The van der Waals surface area contributed by atoms with E-state index in [1.165, 1.54) is 6.07 Å². The zero-order valence-electron chi connectivity index (χ0n) is 13.1. The summed E-state index contributed by atoms with van der Waals surface area (Å²) in [6.07, 6.45) is 4.89. The fourth-order valence-corrected chi connectivity index (χ4v) is 3.62. The number of aromatic nitrogens is 4. The van der Waals surface area contributed by atoms with E-state index < -0.39 is 0 Å². The second kappa shape index (κ2) is 6.73. The van der Waals surface area contributed by atoms with Gasteiger partial charge < -0.3 is 0 Å². The molecule has 0 unspecified atom stereocenters. The third kappa shape index (κ3) is 3.19. The lowest BCUT2D eigenvalue weighted by molar-refractivity contribution is 0.622. The normalized spacial score (nSPS) is 14.0. The van der Waals surface area contributed by atoms with Gasteiger partial charge in [0.25, 0.3) is 0 Å². The molecule has 0 aliphatic heterocycles. The molecule has 1 saturated carbocycles. The summed E-state index contributed by atoms with van der Waals surface area (Å²) in [6, 6.07) is 13.1. The van der Waals surface area contributed by atoms with Crippen LogP contribution in [0.15, 0.2) is 53.8 Å². The maximum Gasteiger partial charge on any atom is 0.191 e. The number of halogens is 1. The van der Waals surface area contributed by atoms with Gasteiger partial charge in [-0.05, 0) is 43.5 Å². The van der Waals surface area contributed by atoms with Crippen LogP contribution in [0.25, 0.3) is 11.4 Å². The van der Waals surface area contributed by atoms with Gasteiger partial charge in [0, 0.05) is 23.7 Å². The van der Waals surface area contributed by atoms with Crippen molar-refractivity contribution in [3.63, 3.8) is 0 Å². The summed E-state index contributed by atoms with van der Waals surface area (Å²) in [5.41, 5.74) is 1.59. The van der Waals surface area contributed by atoms with E-state index >= 15 is 0 Å². The van der Waals surface area contributed by atoms with Gasteiger partial charge in [0.05, 0.1) is 5.56 Å². The SMILES string of the molecule is Fc1ccccc1-c1nnc(SCCc2ccccn2)n1C1CC1. The predicted molar refractivity (Wildman–Crippen MR) is 92.4 cm³/mol. The molecule has 2 aromatic heterocycles. The Hall–Kier alpha value is -2.21. The largest absolute Gasteiger partial charge is 0.299 e. The molecule has 2 heterocycles. The Bertz CT molecular complexity index is 830. The topological polar surface area (TPSA) is 43.6 Å². The molecule has 0 N–H and O–H groups in total. The van der Waals surface area contributed by atoms with Gasteiger partial charge in [-0.3, -0.25) is 9.55 Å². The van der Waals surface area contributed by atoms with E-state index in [9.17, 15) is 4.39 Å². The summed E-state index contributed by atoms with van der Waals surface area (Å²) in [5, 5.41) is 9.45. The smallest absolute Gasteiger partial charge is 0.191 e. The minimum atomic E-state index is -0.253. The Kier molecular flexibility index (Phi) is 4.30. The van der Waals surface area contributed by atoms with Crippen molar-refractivity contribution in [2.45, 2.75) is 30.5 Å². The van der Waals surface area contributed by atoms with Gasteiger partial charge in [-0.15, -0.1) is 10.2 Å². The van der Waals surface area contributed by atoms with Gasteiger partial charge in [0.2, 0.25) is 0 Å². The fourth-order valence-electron chi connectivity index (χ4n) is 2.66. The number of pyridine rings is 1. The number of thioether (sulfide) groups is 1. The van der Waals surface area contributed by atoms with Crippen molar-refractivity contribution in [1.82, 2.24) is 19.7 Å². The van der Waals surface area contributed by atoms with Gasteiger partial charge in [0.15, 0.2) is 11.0 Å². The summed E-state index contributed by atoms with van der Waals surface area (Å²) >= 11 is 1.66. The van der Waals surface area contributed by atoms with Crippen LogP contribution in [0, 0.1) is 5.82 Å². The Balaban J connectivity index is 1.55. The highest BCUT2D eigenvalue weighted by molar-refractivity contribution is 7.99. The third-order valence-electron chi connectivity index (χ3n) is 4.01. The molecule has 0 saturated heterocycles. The van der Waals surface area contributed by atoms with E-state index in [4.69, 9.17) is 0 Å². The van der Waals surface area contributed by atoms with Crippen molar-refractivity contribution in [3.8, 4) is 11.4 Å². The van der Waals surface area contributed by atoms with Gasteiger partial charge in [-0.2, -0.15) is 0 Å². The summed E-state index contributed by atoms with van der Waals surface area (Å²) < 4.78 is 16.2. The second-order valence-corrected chi connectivity index (χ2v) is 6.87. The predicted octanol–water partition coefficient (Wildman–Crippen LogP) is 4.15. The molecule has 4 nitrogen and oxygen atoms in total. The number of hydrogen-bond donors (Lipinski definition) is 0. The molecular formula is C18H17FN4S. The third-order valence-corrected chi connectivity index (χ3v) is 4.95. The van der Waals surface area contributed by atoms with Crippen LogP contribution in [-0.2, 0) is 6.42 Å². The maximum absolute atomic E-state index is 14.1. The first kappa shape index (κ1) is 15.3. The summed E-state index contributed by atoms with van der Waals surface area (Å²) in [5.74, 6) is 1.26. The molecule has 0 amide bonds. The van der Waals surface area contributed by atoms with Gasteiger partial charge in [-0.1, -0.05) is 30.0 Å². The monoisotopic (exact) mass is 340 g/mol. The Morgan fingerprint density at radius 2 is 1.92 bits per heavy atom.